The van der Waals surface area contributed by atoms with Gasteiger partial charge in [0.15, 0.2) is 5.13 Å². The molecule has 6 heteroatoms. The summed E-state index contributed by atoms with van der Waals surface area (Å²) in [5.74, 6) is 0.210. The summed E-state index contributed by atoms with van der Waals surface area (Å²) in [4.78, 5) is 17.7. The fourth-order valence-electron chi connectivity index (χ4n) is 2.07. The molecule has 0 radical (unpaired) electrons. The molecule has 0 saturated carbocycles. The number of rotatable bonds is 2. The molecule has 1 amide bonds. The molecule has 0 bridgehead atoms. The van der Waals surface area contributed by atoms with Crippen LogP contribution in [-0.4, -0.2) is 40.1 Å². The maximum atomic E-state index is 12.1. The molecule has 1 fully saturated rings. The first-order valence-electron chi connectivity index (χ1n) is 5.26. The van der Waals surface area contributed by atoms with Gasteiger partial charge in [0.1, 0.15) is 5.69 Å². The minimum Gasteiger partial charge on any atom is -0.394 e. The lowest BCUT2D eigenvalue weighted by atomic mass is 10.0. The maximum Gasteiger partial charge on any atom is 0.273 e. The quantitative estimate of drug-likeness (QED) is 0.793. The smallest absolute Gasteiger partial charge is 0.273 e. The molecule has 1 saturated heterocycles. The molecule has 2 unspecified atom stereocenters. The van der Waals surface area contributed by atoms with E-state index in [1.807, 2.05) is 6.92 Å². The van der Waals surface area contributed by atoms with Gasteiger partial charge in [0.05, 0.1) is 12.6 Å². The van der Waals surface area contributed by atoms with Crippen LogP contribution in [0.3, 0.4) is 0 Å². The van der Waals surface area contributed by atoms with E-state index in [1.165, 1.54) is 11.3 Å². The standard InChI is InChI=1S/C10H15N3O2S/c1-6-2-3-13(8(6)4-14)9(15)7-5-16-10(11)12-7/h5-6,8,14H,2-4H2,1H3,(H2,11,12). The summed E-state index contributed by atoms with van der Waals surface area (Å²) in [6, 6.07) is -0.0876. The highest BCUT2D eigenvalue weighted by Gasteiger charge is 2.34. The second kappa shape index (κ2) is 4.39. The lowest BCUT2D eigenvalue weighted by molar-refractivity contribution is 0.0643. The van der Waals surface area contributed by atoms with E-state index >= 15 is 0 Å². The van der Waals surface area contributed by atoms with Gasteiger partial charge in [-0.1, -0.05) is 6.92 Å². The average molecular weight is 241 g/mol. The number of likely N-dealkylation sites (tertiary alicyclic amines) is 1. The predicted molar refractivity (Wildman–Crippen MR) is 62.2 cm³/mol. The molecular weight excluding hydrogens is 226 g/mol. The van der Waals surface area contributed by atoms with Crippen molar-refractivity contribution in [2.75, 3.05) is 18.9 Å². The third-order valence-corrected chi connectivity index (χ3v) is 3.75. The highest BCUT2D eigenvalue weighted by Crippen LogP contribution is 2.25. The summed E-state index contributed by atoms with van der Waals surface area (Å²) in [6.07, 6.45) is 0.927. The zero-order valence-electron chi connectivity index (χ0n) is 9.09. The first-order chi connectivity index (χ1) is 7.63. The molecule has 3 N–H and O–H groups in total. The Morgan fingerprint density at radius 1 is 1.81 bits per heavy atom. The van der Waals surface area contributed by atoms with Crippen molar-refractivity contribution in [1.29, 1.82) is 0 Å². The van der Waals surface area contributed by atoms with E-state index in [-0.39, 0.29) is 18.6 Å². The summed E-state index contributed by atoms with van der Waals surface area (Å²) in [7, 11) is 0. The monoisotopic (exact) mass is 241 g/mol. The van der Waals surface area contributed by atoms with Crippen LogP contribution in [0.2, 0.25) is 0 Å². The zero-order chi connectivity index (χ0) is 11.7. The Hall–Kier alpha value is -1.14. The molecule has 1 aromatic rings. The number of hydrogen-bond donors (Lipinski definition) is 2. The third-order valence-electron chi connectivity index (χ3n) is 3.07. The van der Waals surface area contributed by atoms with Crippen molar-refractivity contribution >= 4 is 22.4 Å². The molecule has 0 spiro atoms. The van der Waals surface area contributed by atoms with E-state index in [0.29, 0.717) is 23.3 Å². The number of carbonyl (C=O) groups is 1. The van der Waals surface area contributed by atoms with Crippen molar-refractivity contribution in [3.8, 4) is 0 Å². The minimum atomic E-state index is -0.128. The van der Waals surface area contributed by atoms with E-state index in [4.69, 9.17) is 5.73 Å². The van der Waals surface area contributed by atoms with Gasteiger partial charge in [0.25, 0.3) is 5.91 Å². The van der Waals surface area contributed by atoms with Crippen LogP contribution in [0.15, 0.2) is 5.38 Å². The van der Waals surface area contributed by atoms with Crippen LogP contribution in [0.25, 0.3) is 0 Å². The average Bonchev–Trinajstić information content (AvgIpc) is 2.83. The molecule has 1 aromatic heterocycles. The Balaban J connectivity index is 2.16. The van der Waals surface area contributed by atoms with Crippen LogP contribution in [0.5, 0.6) is 0 Å². The number of aliphatic hydroxyl groups excluding tert-OH is 1. The third kappa shape index (κ3) is 1.90. The molecule has 5 nitrogen and oxygen atoms in total. The number of aromatic nitrogens is 1. The number of amides is 1. The number of nitrogens with zero attached hydrogens (tertiary/aromatic N) is 2. The second-order valence-corrected chi connectivity index (χ2v) is 4.98. The Bertz CT molecular complexity index is 393. The molecule has 1 aliphatic rings. The van der Waals surface area contributed by atoms with Gasteiger partial charge >= 0.3 is 0 Å². The molecule has 0 aliphatic carbocycles. The van der Waals surface area contributed by atoms with Crippen LogP contribution in [0.4, 0.5) is 5.13 Å². The number of hydrogen-bond acceptors (Lipinski definition) is 5. The summed E-state index contributed by atoms with van der Waals surface area (Å²) in [5.41, 5.74) is 5.88. The van der Waals surface area contributed by atoms with Gasteiger partial charge in [-0.05, 0) is 12.3 Å². The molecule has 88 valence electrons. The van der Waals surface area contributed by atoms with Crippen LogP contribution in [0.1, 0.15) is 23.8 Å². The topological polar surface area (TPSA) is 79.5 Å². The molecule has 0 aromatic carbocycles. The van der Waals surface area contributed by atoms with Crippen molar-refractivity contribution in [3.05, 3.63) is 11.1 Å². The van der Waals surface area contributed by atoms with Gasteiger partial charge < -0.3 is 15.7 Å². The lowest BCUT2D eigenvalue weighted by Gasteiger charge is -2.24. The summed E-state index contributed by atoms with van der Waals surface area (Å²) in [6.45, 7) is 2.73. The lowest BCUT2D eigenvalue weighted by Crippen LogP contribution is -2.39. The van der Waals surface area contributed by atoms with Crippen molar-refractivity contribution in [2.24, 2.45) is 5.92 Å². The summed E-state index contributed by atoms with van der Waals surface area (Å²) >= 11 is 1.26. The van der Waals surface area contributed by atoms with Crippen molar-refractivity contribution in [2.45, 2.75) is 19.4 Å². The van der Waals surface area contributed by atoms with E-state index < -0.39 is 0 Å². The Morgan fingerprint density at radius 2 is 2.56 bits per heavy atom. The molecule has 2 heterocycles. The van der Waals surface area contributed by atoms with Gasteiger partial charge in [0, 0.05) is 11.9 Å². The van der Waals surface area contributed by atoms with Crippen LogP contribution in [0, 0.1) is 5.92 Å². The van der Waals surface area contributed by atoms with E-state index in [9.17, 15) is 9.90 Å². The maximum absolute atomic E-state index is 12.1. The van der Waals surface area contributed by atoms with E-state index in [2.05, 4.69) is 4.98 Å². The summed E-state index contributed by atoms with van der Waals surface area (Å²) < 4.78 is 0. The largest absolute Gasteiger partial charge is 0.394 e. The predicted octanol–water partition coefficient (Wildman–Crippen LogP) is 0.568. The van der Waals surface area contributed by atoms with Gasteiger partial charge in [-0.3, -0.25) is 4.79 Å². The fraction of sp³-hybridized carbons (Fsp3) is 0.600. The van der Waals surface area contributed by atoms with Crippen LogP contribution < -0.4 is 5.73 Å². The summed E-state index contributed by atoms with van der Waals surface area (Å²) in [5, 5.41) is 11.3. The number of aliphatic hydroxyl groups is 1. The van der Waals surface area contributed by atoms with Crippen molar-refractivity contribution in [3.63, 3.8) is 0 Å². The number of nitrogens with two attached hydrogens (primary N) is 1. The fourth-order valence-corrected chi connectivity index (χ4v) is 2.61. The Morgan fingerprint density at radius 3 is 3.12 bits per heavy atom. The molecule has 16 heavy (non-hydrogen) atoms. The molecule has 2 atom stereocenters. The molecule has 1 aliphatic heterocycles. The Labute approximate surface area is 97.9 Å². The second-order valence-electron chi connectivity index (χ2n) is 4.09. The molecular formula is C10H15N3O2S. The SMILES string of the molecule is CC1CCN(C(=O)c2csc(N)n2)C1CO. The molecule has 2 rings (SSSR count). The number of thiazole rings is 1. The van der Waals surface area contributed by atoms with Gasteiger partial charge in [-0.2, -0.15) is 0 Å². The van der Waals surface area contributed by atoms with Gasteiger partial charge in [0.2, 0.25) is 0 Å². The normalized spacial score (nSPS) is 25.0. The van der Waals surface area contributed by atoms with Crippen molar-refractivity contribution in [1.82, 2.24) is 9.88 Å². The van der Waals surface area contributed by atoms with Crippen molar-refractivity contribution < 1.29 is 9.90 Å². The first-order valence-corrected chi connectivity index (χ1v) is 6.14. The number of carbonyl (C=O) groups excluding carboxylic acids is 1. The minimum absolute atomic E-state index is 0.00647. The van der Waals surface area contributed by atoms with E-state index in [1.54, 1.807) is 10.3 Å². The van der Waals surface area contributed by atoms with Crippen LogP contribution >= 0.6 is 11.3 Å². The van der Waals surface area contributed by atoms with Crippen LogP contribution in [-0.2, 0) is 0 Å². The number of anilines is 1. The highest BCUT2D eigenvalue weighted by molar-refractivity contribution is 7.13. The van der Waals surface area contributed by atoms with E-state index in [0.717, 1.165) is 6.42 Å². The van der Waals surface area contributed by atoms with Gasteiger partial charge in [-0.25, -0.2) is 4.98 Å². The first kappa shape index (κ1) is 11.3. The highest BCUT2D eigenvalue weighted by atomic mass is 32.1. The zero-order valence-corrected chi connectivity index (χ0v) is 9.91. The van der Waals surface area contributed by atoms with Gasteiger partial charge in [-0.15, -0.1) is 11.3 Å². The number of nitrogen functional groups attached to an aromatic ring is 1. The Kier molecular flexibility index (Phi) is 3.11.